The number of carbonyl (C=O) groups is 2. The second-order valence-corrected chi connectivity index (χ2v) is 9.07. The van der Waals surface area contributed by atoms with Crippen molar-refractivity contribution in [3.8, 4) is 5.75 Å². The molecular weight excluding hydrogens is 475 g/mol. The highest BCUT2D eigenvalue weighted by Gasteiger charge is 2.28. The van der Waals surface area contributed by atoms with Gasteiger partial charge < -0.3 is 14.8 Å². The molecule has 0 saturated heterocycles. The first-order valence-corrected chi connectivity index (χ1v) is 12.3. The monoisotopic (exact) mass is 500 g/mol. The molecule has 184 valence electrons. The summed E-state index contributed by atoms with van der Waals surface area (Å²) in [5, 5.41) is 2.57. The summed E-state index contributed by atoms with van der Waals surface area (Å²) in [4.78, 5) is 25.1. The molecule has 35 heavy (non-hydrogen) atoms. The zero-order chi connectivity index (χ0) is 25.4. The fraction of sp³-hybridized carbons (Fsp3) is 0.200. The first-order valence-electron chi connectivity index (χ1n) is 10.8. The molecule has 1 N–H and O–H groups in total. The molecule has 3 rings (SSSR count). The molecular formula is C25H25FN2O6S. The van der Waals surface area contributed by atoms with Gasteiger partial charge in [-0.25, -0.2) is 17.6 Å². The Hall–Kier alpha value is -3.92. The Bertz CT molecular complexity index is 1280. The normalized spacial score (nSPS) is 10.9. The maximum Gasteiger partial charge on any atom is 0.340 e. The van der Waals surface area contributed by atoms with Crippen LogP contribution in [0.2, 0.25) is 0 Å². The number of nitrogens with zero attached hydrogens (tertiary/aromatic N) is 1. The van der Waals surface area contributed by atoms with Gasteiger partial charge in [0.15, 0.2) is 0 Å². The number of carbonyl (C=O) groups excluding carboxylic acids is 2. The molecule has 3 aromatic carbocycles. The van der Waals surface area contributed by atoms with Crippen LogP contribution in [0, 0.1) is 5.82 Å². The van der Waals surface area contributed by atoms with Crippen molar-refractivity contribution < 1.29 is 31.9 Å². The number of anilines is 2. The fourth-order valence-electron chi connectivity index (χ4n) is 3.22. The molecule has 8 nitrogen and oxygen atoms in total. The lowest BCUT2D eigenvalue weighted by Crippen LogP contribution is -2.38. The molecule has 0 aromatic heterocycles. The summed E-state index contributed by atoms with van der Waals surface area (Å²) >= 11 is 0. The number of hydrogen-bond acceptors (Lipinski definition) is 6. The minimum Gasteiger partial charge on any atom is -0.494 e. The van der Waals surface area contributed by atoms with Crippen LogP contribution in [0.1, 0.15) is 24.2 Å². The third-order valence-electron chi connectivity index (χ3n) is 4.82. The van der Waals surface area contributed by atoms with Gasteiger partial charge in [-0.2, -0.15) is 0 Å². The van der Waals surface area contributed by atoms with Crippen LogP contribution < -0.4 is 14.4 Å². The number of benzene rings is 3. The average Bonchev–Trinajstić information content (AvgIpc) is 2.84. The van der Waals surface area contributed by atoms with E-state index in [2.05, 4.69) is 5.32 Å². The highest BCUT2D eigenvalue weighted by atomic mass is 32.2. The Morgan fingerprint density at radius 3 is 2.20 bits per heavy atom. The molecule has 0 fully saturated rings. The van der Waals surface area contributed by atoms with Crippen molar-refractivity contribution in [1.82, 2.24) is 0 Å². The highest BCUT2D eigenvalue weighted by molar-refractivity contribution is 7.92. The third-order valence-corrected chi connectivity index (χ3v) is 6.61. The molecule has 0 bridgehead atoms. The Balaban J connectivity index is 1.92. The molecule has 0 atom stereocenters. The fourth-order valence-corrected chi connectivity index (χ4v) is 4.64. The summed E-state index contributed by atoms with van der Waals surface area (Å²) in [6.07, 6.45) is 0. The largest absolute Gasteiger partial charge is 0.494 e. The SMILES string of the molecule is CCOC(=O)c1ccccc1NC(=O)CN(c1ccc(F)cc1)S(=O)(=O)c1ccc(OCC)cc1. The van der Waals surface area contributed by atoms with Crippen LogP contribution in [0.25, 0.3) is 0 Å². The molecule has 0 spiro atoms. The summed E-state index contributed by atoms with van der Waals surface area (Å²) in [6, 6.07) is 16.7. The number of hydrogen-bond donors (Lipinski definition) is 1. The smallest absolute Gasteiger partial charge is 0.340 e. The van der Waals surface area contributed by atoms with Gasteiger partial charge in [-0.3, -0.25) is 9.10 Å². The van der Waals surface area contributed by atoms with Crippen molar-refractivity contribution in [3.63, 3.8) is 0 Å². The van der Waals surface area contributed by atoms with E-state index in [0.717, 1.165) is 16.4 Å². The van der Waals surface area contributed by atoms with E-state index in [1.165, 1.54) is 48.5 Å². The van der Waals surface area contributed by atoms with Crippen LogP contribution in [0.4, 0.5) is 15.8 Å². The van der Waals surface area contributed by atoms with Crippen LogP contribution in [-0.2, 0) is 19.6 Å². The first-order chi connectivity index (χ1) is 16.8. The first kappa shape index (κ1) is 25.7. The molecule has 0 radical (unpaired) electrons. The number of amides is 1. The van der Waals surface area contributed by atoms with Crippen molar-refractivity contribution in [2.24, 2.45) is 0 Å². The van der Waals surface area contributed by atoms with Crippen molar-refractivity contribution in [1.29, 1.82) is 0 Å². The zero-order valence-electron chi connectivity index (χ0n) is 19.2. The van der Waals surface area contributed by atoms with E-state index in [1.807, 2.05) is 0 Å². The van der Waals surface area contributed by atoms with Gasteiger partial charge in [0.1, 0.15) is 18.1 Å². The van der Waals surface area contributed by atoms with Gasteiger partial charge in [0.2, 0.25) is 5.91 Å². The van der Waals surface area contributed by atoms with Gasteiger partial charge in [-0.15, -0.1) is 0 Å². The average molecular weight is 501 g/mol. The lowest BCUT2D eigenvalue weighted by atomic mass is 10.2. The predicted molar refractivity (Wildman–Crippen MR) is 130 cm³/mol. The van der Waals surface area contributed by atoms with Crippen LogP contribution in [0.3, 0.4) is 0 Å². The number of halogens is 1. The minimum atomic E-state index is -4.22. The van der Waals surface area contributed by atoms with E-state index in [1.54, 1.807) is 26.0 Å². The Morgan fingerprint density at radius 2 is 1.57 bits per heavy atom. The van der Waals surface area contributed by atoms with Gasteiger partial charge in [0.05, 0.1) is 35.0 Å². The summed E-state index contributed by atoms with van der Waals surface area (Å²) in [6.45, 7) is 3.41. The number of ether oxygens (including phenoxy) is 2. The van der Waals surface area contributed by atoms with E-state index in [0.29, 0.717) is 12.4 Å². The zero-order valence-corrected chi connectivity index (χ0v) is 20.0. The maximum atomic E-state index is 13.5. The third kappa shape index (κ3) is 6.36. The Labute approximate surface area is 203 Å². The minimum absolute atomic E-state index is 0.0787. The molecule has 0 unspecified atom stereocenters. The Kier molecular flexibility index (Phi) is 8.43. The molecule has 3 aromatic rings. The number of rotatable bonds is 10. The molecule has 10 heteroatoms. The van der Waals surface area contributed by atoms with E-state index in [-0.39, 0.29) is 28.4 Å². The van der Waals surface area contributed by atoms with Crippen LogP contribution in [0.15, 0.2) is 77.7 Å². The van der Waals surface area contributed by atoms with Gasteiger partial charge in [0.25, 0.3) is 10.0 Å². The molecule has 0 aliphatic carbocycles. The standard InChI is InChI=1S/C25H25FN2O6S/c1-3-33-20-13-15-21(16-14-20)35(31,32)28(19-11-9-18(26)10-12-19)17-24(29)27-23-8-6-5-7-22(23)25(30)34-4-2/h5-16H,3-4,17H2,1-2H3,(H,27,29). The van der Waals surface area contributed by atoms with Gasteiger partial charge in [0, 0.05) is 0 Å². The van der Waals surface area contributed by atoms with Crippen molar-refractivity contribution in [2.45, 2.75) is 18.7 Å². The summed E-state index contributed by atoms with van der Waals surface area (Å²) < 4.78 is 51.7. The van der Waals surface area contributed by atoms with Crippen molar-refractivity contribution in [2.75, 3.05) is 29.4 Å². The van der Waals surface area contributed by atoms with Crippen LogP contribution in [-0.4, -0.2) is 40.1 Å². The number of para-hydroxylation sites is 1. The van der Waals surface area contributed by atoms with E-state index in [9.17, 15) is 22.4 Å². The number of esters is 1. The second kappa shape index (κ2) is 11.5. The summed E-state index contributed by atoms with van der Waals surface area (Å²) in [5.41, 5.74) is 0.396. The molecule has 0 aliphatic heterocycles. The highest BCUT2D eigenvalue weighted by Crippen LogP contribution is 2.26. The van der Waals surface area contributed by atoms with Crippen LogP contribution in [0.5, 0.6) is 5.75 Å². The topological polar surface area (TPSA) is 102 Å². The van der Waals surface area contributed by atoms with E-state index in [4.69, 9.17) is 9.47 Å². The second-order valence-electron chi connectivity index (χ2n) is 7.21. The van der Waals surface area contributed by atoms with Gasteiger partial charge in [-0.1, -0.05) is 12.1 Å². The van der Waals surface area contributed by atoms with Crippen molar-refractivity contribution >= 4 is 33.3 Å². The lowest BCUT2D eigenvalue weighted by Gasteiger charge is -2.24. The molecule has 0 aliphatic rings. The maximum absolute atomic E-state index is 13.5. The molecule has 1 amide bonds. The van der Waals surface area contributed by atoms with Crippen molar-refractivity contribution in [3.05, 3.63) is 84.2 Å². The van der Waals surface area contributed by atoms with Gasteiger partial charge >= 0.3 is 5.97 Å². The van der Waals surface area contributed by atoms with E-state index < -0.39 is 34.3 Å². The summed E-state index contributed by atoms with van der Waals surface area (Å²) in [5.74, 6) is -1.39. The van der Waals surface area contributed by atoms with Crippen LogP contribution >= 0.6 is 0 Å². The number of sulfonamides is 1. The lowest BCUT2D eigenvalue weighted by molar-refractivity contribution is -0.114. The molecule has 0 saturated carbocycles. The van der Waals surface area contributed by atoms with E-state index >= 15 is 0 Å². The molecule has 0 heterocycles. The number of nitrogens with one attached hydrogen (secondary N) is 1. The van der Waals surface area contributed by atoms with Gasteiger partial charge in [-0.05, 0) is 74.5 Å². The predicted octanol–water partition coefficient (Wildman–Crippen LogP) is 4.24. The summed E-state index contributed by atoms with van der Waals surface area (Å²) in [7, 11) is -4.22. The Morgan fingerprint density at radius 1 is 0.914 bits per heavy atom. The quantitative estimate of drug-likeness (QED) is 0.418.